The molecule has 0 saturated carbocycles. The molecule has 1 amide bonds. The number of nitrogens with one attached hydrogen (secondary N) is 2. The van der Waals surface area contributed by atoms with Crippen molar-refractivity contribution in [1.82, 2.24) is 20.8 Å². The van der Waals surface area contributed by atoms with Crippen molar-refractivity contribution in [3.05, 3.63) is 36.3 Å². The van der Waals surface area contributed by atoms with Gasteiger partial charge in [0.1, 0.15) is 0 Å². The Hall–Kier alpha value is -2.21. The molecule has 0 radical (unpaired) electrons. The Labute approximate surface area is 122 Å². The summed E-state index contributed by atoms with van der Waals surface area (Å²) in [5.74, 6) is 0.803. The van der Waals surface area contributed by atoms with E-state index in [-0.39, 0.29) is 11.9 Å². The van der Waals surface area contributed by atoms with Crippen LogP contribution in [0.5, 0.6) is 0 Å². The minimum absolute atomic E-state index is 0.129. The second-order valence-electron chi connectivity index (χ2n) is 5.37. The second kappa shape index (κ2) is 6.05. The minimum atomic E-state index is -0.200. The first kappa shape index (κ1) is 13.8. The first-order valence-corrected chi connectivity index (χ1v) is 7.13. The van der Waals surface area contributed by atoms with Gasteiger partial charge in [-0.15, -0.1) is 0 Å². The van der Waals surface area contributed by atoms with E-state index in [1.807, 2.05) is 12.1 Å². The number of amides is 1. The van der Waals surface area contributed by atoms with Crippen LogP contribution < -0.4 is 10.6 Å². The fourth-order valence-electron chi connectivity index (χ4n) is 2.45. The molecular weight excluding hydrogens is 268 g/mol. The Bertz CT molecular complexity index is 611. The van der Waals surface area contributed by atoms with Crippen molar-refractivity contribution < 1.29 is 9.32 Å². The summed E-state index contributed by atoms with van der Waals surface area (Å²) in [5, 5.41) is 10.1. The fourth-order valence-corrected chi connectivity index (χ4v) is 2.45. The van der Waals surface area contributed by atoms with Crippen molar-refractivity contribution in [2.45, 2.75) is 19.4 Å². The molecule has 6 heteroatoms. The van der Waals surface area contributed by atoms with Crippen LogP contribution in [0.4, 0.5) is 0 Å². The molecule has 0 spiro atoms. The molecule has 3 heterocycles. The van der Waals surface area contributed by atoms with Gasteiger partial charge in [0.25, 0.3) is 5.91 Å². The lowest BCUT2D eigenvalue weighted by molar-refractivity contribution is 0.0906. The van der Waals surface area contributed by atoms with Crippen LogP contribution in [0.1, 0.15) is 23.8 Å². The number of carbonyl (C=O) groups excluding carboxylic acids is 1. The van der Waals surface area contributed by atoms with Crippen LogP contribution in [-0.2, 0) is 0 Å². The topological polar surface area (TPSA) is 80.0 Å². The molecule has 1 saturated heterocycles. The highest BCUT2D eigenvalue weighted by atomic mass is 16.5. The molecule has 1 aliphatic heterocycles. The maximum Gasteiger partial charge on any atom is 0.273 e. The Balaban J connectivity index is 1.69. The lowest BCUT2D eigenvalue weighted by Gasteiger charge is -2.29. The molecule has 0 aliphatic carbocycles. The van der Waals surface area contributed by atoms with Gasteiger partial charge in [-0.1, -0.05) is 12.1 Å². The summed E-state index contributed by atoms with van der Waals surface area (Å²) in [7, 11) is 0. The number of pyridine rings is 1. The molecule has 0 aromatic carbocycles. The van der Waals surface area contributed by atoms with Crippen LogP contribution in [0.2, 0.25) is 0 Å². The van der Waals surface area contributed by atoms with E-state index >= 15 is 0 Å². The van der Waals surface area contributed by atoms with Gasteiger partial charge in [0.15, 0.2) is 11.5 Å². The molecule has 2 unspecified atom stereocenters. The molecule has 2 aromatic heterocycles. The third-order valence-corrected chi connectivity index (χ3v) is 3.83. The third kappa shape index (κ3) is 3.11. The maximum atomic E-state index is 12.2. The molecule has 1 aliphatic rings. The Morgan fingerprint density at radius 2 is 2.43 bits per heavy atom. The molecule has 2 atom stereocenters. The Morgan fingerprint density at radius 1 is 1.52 bits per heavy atom. The van der Waals surface area contributed by atoms with Crippen LogP contribution >= 0.6 is 0 Å². The number of hydrogen-bond donors (Lipinski definition) is 2. The molecule has 2 aromatic rings. The fraction of sp³-hybridized carbons (Fsp3) is 0.400. The first-order chi connectivity index (χ1) is 10.2. The average molecular weight is 286 g/mol. The summed E-state index contributed by atoms with van der Waals surface area (Å²) in [6.07, 6.45) is 4.42. The molecule has 2 N–H and O–H groups in total. The van der Waals surface area contributed by atoms with E-state index in [9.17, 15) is 4.79 Å². The Morgan fingerprint density at radius 3 is 3.19 bits per heavy atom. The molecular formula is C15H18N4O2. The van der Waals surface area contributed by atoms with E-state index in [0.29, 0.717) is 17.4 Å². The zero-order chi connectivity index (χ0) is 14.7. The maximum absolute atomic E-state index is 12.2. The standard InChI is InChI=1S/C15H18N4O2/c1-10-4-6-17-9-13(10)18-15(20)12-7-14(21-19-12)11-3-2-5-16-8-11/h2-3,5,7-8,10,13,17H,4,6,9H2,1H3,(H,18,20). The van der Waals surface area contributed by atoms with Gasteiger partial charge in [0.2, 0.25) is 0 Å². The molecule has 3 rings (SSSR count). The summed E-state index contributed by atoms with van der Waals surface area (Å²) < 4.78 is 5.22. The van der Waals surface area contributed by atoms with Crippen molar-refractivity contribution >= 4 is 5.91 Å². The number of nitrogens with zero attached hydrogens (tertiary/aromatic N) is 2. The van der Waals surface area contributed by atoms with E-state index in [1.165, 1.54) is 0 Å². The third-order valence-electron chi connectivity index (χ3n) is 3.83. The zero-order valence-corrected chi connectivity index (χ0v) is 11.9. The highest BCUT2D eigenvalue weighted by molar-refractivity contribution is 5.93. The SMILES string of the molecule is CC1CCNCC1NC(=O)c1cc(-c2cccnc2)on1. The van der Waals surface area contributed by atoms with Crippen molar-refractivity contribution in [2.75, 3.05) is 13.1 Å². The molecule has 6 nitrogen and oxygen atoms in total. The quantitative estimate of drug-likeness (QED) is 0.893. The zero-order valence-electron chi connectivity index (χ0n) is 11.9. The van der Waals surface area contributed by atoms with Crippen LogP contribution in [0.3, 0.4) is 0 Å². The van der Waals surface area contributed by atoms with Gasteiger partial charge in [0, 0.05) is 36.6 Å². The molecule has 0 bridgehead atoms. The molecule has 1 fully saturated rings. The summed E-state index contributed by atoms with van der Waals surface area (Å²) in [6, 6.07) is 5.45. The van der Waals surface area contributed by atoms with Gasteiger partial charge in [-0.2, -0.15) is 0 Å². The van der Waals surface area contributed by atoms with E-state index < -0.39 is 0 Å². The van der Waals surface area contributed by atoms with E-state index in [4.69, 9.17) is 4.52 Å². The number of aromatic nitrogens is 2. The lowest BCUT2D eigenvalue weighted by atomic mass is 9.95. The largest absolute Gasteiger partial charge is 0.355 e. The van der Waals surface area contributed by atoms with Gasteiger partial charge in [-0.3, -0.25) is 9.78 Å². The summed E-state index contributed by atoms with van der Waals surface area (Å²) in [4.78, 5) is 16.2. The smallest absolute Gasteiger partial charge is 0.273 e. The average Bonchev–Trinajstić information content (AvgIpc) is 3.00. The molecule has 21 heavy (non-hydrogen) atoms. The normalized spacial score (nSPS) is 22.0. The monoisotopic (exact) mass is 286 g/mol. The number of carbonyl (C=O) groups is 1. The van der Waals surface area contributed by atoms with Crippen LogP contribution in [0.25, 0.3) is 11.3 Å². The highest BCUT2D eigenvalue weighted by Crippen LogP contribution is 2.19. The number of piperidine rings is 1. The highest BCUT2D eigenvalue weighted by Gasteiger charge is 2.24. The minimum Gasteiger partial charge on any atom is -0.355 e. The van der Waals surface area contributed by atoms with Gasteiger partial charge in [-0.05, 0) is 31.0 Å². The predicted molar refractivity (Wildman–Crippen MR) is 77.6 cm³/mol. The molecule has 110 valence electrons. The van der Waals surface area contributed by atoms with Gasteiger partial charge in [-0.25, -0.2) is 0 Å². The van der Waals surface area contributed by atoms with Crippen molar-refractivity contribution in [3.63, 3.8) is 0 Å². The van der Waals surface area contributed by atoms with Crippen LogP contribution in [0.15, 0.2) is 35.1 Å². The summed E-state index contributed by atoms with van der Waals surface area (Å²) >= 11 is 0. The number of hydrogen-bond acceptors (Lipinski definition) is 5. The van der Waals surface area contributed by atoms with Crippen molar-refractivity contribution in [3.8, 4) is 11.3 Å². The summed E-state index contributed by atoms with van der Waals surface area (Å²) in [5.41, 5.74) is 1.10. The van der Waals surface area contributed by atoms with Crippen LogP contribution in [0, 0.1) is 5.92 Å². The second-order valence-corrected chi connectivity index (χ2v) is 5.37. The van der Waals surface area contributed by atoms with Gasteiger partial charge < -0.3 is 15.2 Å². The Kier molecular flexibility index (Phi) is 3.96. The van der Waals surface area contributed by atoms with Crippen LogP contribution in [-0.4, -0.2) is 35.2 Å². The van der Waals surface area contributed by atoms with E-state index in [0.717, 1.165) is 25.1 Å². The van der Waals surface area contributed by atoms with E-state index in [2.05, 4.69) is 27.7 Å². The van der Waals surface area contributed by atoms with Gasteiger partial charge in [0.05, 0.1) is 0 Å². The lowest BCUT2D eigenvalue weighted by Crippen LogP contribution is -2.50. The van der Waals surface area contributed by atoms with E-state index in [1.54, 1.807) is 18.5 Å². The summed E-state index contributed by atoms with van der Waals surface area (Å²) in [6.45, 7) is 3.94. The van der Waals surface area contributed by atoms with Crippen molar-refractivity contribution in [1.29, 1.82) is 0 Å². The first-order valence-electron chi connectivity index (χ1n) is 7.13. The van der Waals surface area contributed by atoms with Crippen molar-refractivity contribution in [2.24, 2.45) is 5.92 Å². The number of rotatable bonds is 3. The predicted octanol–water partition coefficient (Wildman–Crippen LogP) is 1.46. The van der Waals surface area contributed by atoms with Gasteiger partial charge >= 0.3 is 0 Å².